The molecule has 0 unspecified atom stereocenters. The molecule has 27 heavy (non-hydrogen) atoms. The lowest BCUT2D eigenvalue weighted by molar-refractivity contribution is -0.145. The molecule has 0 bridgehead atoms. The van der Waals surface area contributed by atoms with E-state index < -0.39 is 23.7 Å². The maximum Gasteiger partial charge on any atom is 0.326 e. The third-order valence-corrected chi connectivity index (χ3v) is 4.51. The van der Waals surface area contributed by atoms with Crippen LogP contribution in [0.5, 0.6) is 11.5 Å². The summed E-state index contributed by atoms with van der Waals surface area (Å²) in [4.78, 5) is 37.1. The minimum Gasteiger partial charge on any atom is -0.504 e. The van der Waals surface area contributed by atoms with Gasteiger partial charge in [0.05, 0.1) is 18.1 Å². The average Bonchev–Trinajstić information content (AvgIpc) is 2.87. The number of rotatable bonds is 8. The molecule has 2 rings (SSSR count). The molecule has 1 aromatic rings. The summed E-state index contributed by atoms with van der Waals surface area (Å²) < 4.78 is 10.2. The predicted octanol–water partition coefficient (Wildman–Crippen LogP) is 3.12. The number of ether oxygens (including phenoxy) is 2. The number of amides is 2. The summed E-state index contributed by atoms with van der Waals surface area (Å²) in [6, 6.07) is 3.28. The first-order chi connectivity index (χ1) is 12.9. The Labute approximate surface area is 161 Å². The van der Waals surface area contributed by atoms with E-state index in [-0.39, 0.29) is 23.0 Å². The van der Waals surface area contributed by atoms with Crippen LogP contribution in [0.3, 0.4) is 0 Å². The van der Waals surface area contributed by atoms with E-state index >= 15 is 0 Å². The maximum absolute atomic E-state index is 12.5. The Morgan fingerprint density at radius 2 is 2.04 bits per heavy atom. The fourth-order valence-corrected chi connectivity index (χ4v) is 3.31. The summed E-state index contributed by atoms with van der Waals surface area (Å²) in [5.41, 5.74) is 1.18. The summed E-state index contributed by atoms with van der Waals surface area (Å²) in [6.07, 6.45) is 3.59. The quantitative estimate of drug-likeness (QED) is 0.413. The minimum absolute atomic E-state index is 0.0179. The molecular weight excluding hydrogens is 370 g/mol. The van der Waals surface area contributed by atoms with Gasteiger partial charge in [0.15, 0.2) is 11.5 Å². The number of hydrogen-bond donors (Lipinski definition) is 1. The Bertz CT molecular complexity index is 802. The second-order valence-corrected chi connectivity index (χ2v) is 6.52. The molecule has 8 heteroatoms. The van der Waals surface area contributed by atoms with Gasteiger partial charge < -0.3 is 14.6 Å². The number of allylic oxidation sites excluding steroid dienone is 1. The van der Waals surface area contributed by atoms with Crippen molar-refractivity contribution in [1.82, 2.24) is 4.90 Å². The Morgan fingerprint density at radius 3 is 2.67 bits per heavy atom. The van der Waals surface area contributed by atoms with Crippen LogP contribution in [0.15, 0.2) is 29.7 Å². The Hall–Kier alpha value is -2.74. The number of carbonyl (C=O) groups excluding carboxylic acids is 3. The number of thioether (sulfide) groups is 1. The molecule has 0 radical (unpaired) electrons. The smallest absolute Gasteiger partial charge is 0.326 e. The van der Waals surface area contributed by atoms with Crippen LogP contribution in [0, 0.1) is 0 Å². The summed E-state index contributed by atoms with van der Waals surface area (Å²) >= 11 is 0.747. The highest BCUT2D eigenvalue weighted by atomic mass is 32.2. The molecule has 1 heterocycles. The number of phenols is 1. The zero-order valence-corrected chi connectivity index (χ0v) is 16.0. The van der Waals surface area contributed by atoms with E-state index in [1.54, 1.807) is 32.1 Å². The second-order valence-electron chi connectivity index (χ2n) is 5.53. The number of carbonyl (C=O) groups is 3. The van der Waals surface area contributed by atoms with E-state index in [1.165, 1.54) is 6.08 Å². The van der Waals surface area contributed by atoms with Crippen LogP contribution in [0.4, 0.5) is 4.79 Å². The van der Waals surface area contributed by atoms with Gasteiger partial charge in [0.2, 0.25) is 0 Å². The summed E-state index contributed by atoms with van der Waals surface area (Å²) in [5.74, 6) is -0.898. The molecule has 2 amide bonds. The SMILES string of the molecule is C=CCc1cc(C=C2SC(=O)N(CC(=O)OCC)C2=O)cc(OCC)c1O. The van der Waals surface area contributed by atoms with Crippen LogP contribution in [0.25, 0.3) is 6.08 Å². The fourth-order valence-electron chi connectivity index (χ4n) is 2.47. The lowest BCUT2D eigenvalue weighted by Gasteiger charge is -2.12. The molecule has 1 aromatic carbocycles. The van der Waals surface area contributed by atoms with Crippen LogP contribution < -0.4 is 4.74 Å². The van der Waals surface area contributed by atoms with E-state index in [9.17, 15) is 19.5 Å². The topological polar surface area (TPSA) is 93.1 Å². The van der Waals surface area contributed by atoms with Crippen LogP contribution in [-0.2, 0) is 20.7 Å². The van der Waals surface area contributed by atoms with Crippen LogP contribution >= 0.6 is 11.8 Å². The normalized spacial score (nSPS) is 15.3. The van der Waals surface area contributed by atoms with Gasteiger partial charge in [-0.3, -0.25) is 19.3 Å². The van der Waals surface area contributed by atoms with Gasteiger partial charge in [-0.05, 0) is 55.8 Å². The highest BCUT2D eigenvalue weighted by Gasteiger charge is 2.36. The zero-order chi connectivity index (χ0) is 20.0. The summed E-state index contributed by atoms with van der Waals surface area (Å²) in [6.45, 7) is 7.21. The van der Waals surface area contributed by atoms with Gasteiger partial charge in [0, 0.05) is 5.56 Å². The number of nitrogens with zero attached hydrogens (tertiary/aromatic N) is 1. The van der Waals surface area contributed by atoms with Crippen molar-refractivity contribution in [3.8, 4) is 11.5 Å². The van der Waals surface area contributed by atoms with Crippen LogP contribution in [-0.4, -0.2) is 46.9 Å². The lowest BCUT2D eigenvalue weighted by atomic mass is 10.1. The molecular formula is C19H21NO6S. The predicted molar refractivity (Wildman–Crippen MR) is 102 cm³/mol. The van der Waals surface area contributed by atoms with Crippen molar-refractivity contribution in [2.45, 2.75) is 20.3 Å². The first-order valence-corrected chi connectivity index (χ1v) is 9.23. The molecule has 1 aliphatic rings. The molecule has 0 saturated carbocycles. The largest absolute Gasteiger partial charge is 0.504 e. The first-order valence-electron chi connectivity index (χ1n) is 8.41. The standard InChI is InChI=1S/C19H21NO6S/c1-4-7-13-8-12(9-14(17(13)22)25-5-2)10-15-18(23)20(19(24)27-15)11-16(21)26-6-3/h4,8-10,22H,1,5-7,11H2,2-3H3. The average molecular weight is 391 g/mol. The first kappa shape index (κ1) is 20.6. The van der Waals surface area contributed by atoms with E-state index in [4.69, 9.17) is 9.47 Å². The third kappa shape index (κ3) is 4.91. The zero-order valence-electron chi connectivity index (χ0n) is 15.2. The van der Waals surface area contributed by atoms with Gasteiger partial charge in [-0.2, -0.15) is 0 Å². The van der Waals surface area contributed by atoms with Gasteiger partial charge >= 0.3 is 5.97 Å². The maximum atomic E-state index is 12.5. The van der Waals surface area contributed by atoms with Crippen molar-refractivity contribution >= 4 is 35.0 Å². The van der Waals surface area contributed by atoms with Gasteiger partial charge in [-0.1, -0.05) is 6.08 Å². The van der Waals surface area contributed by atoms with E-state index in [1.807, 2.05) is 0 Å². The van der Waals surface area contributed by atoms with Crippen LogP contribution in [0.2, 0.25) is 0 Å². The van der Waals surface area contributed by atoms with Crippen molar-refractivity contribution in [3.05, 3.63) is 40.8 Å². The Morgan fingerprint density at radius 1 is 1.30 bits per heavy atom. The summed E-state index contributed by atoms with van der Waals surface area (Å²) in [7, 11) is 0. The summed E-state index contributed by atoms with van der Waals surface area (Å²) in [5, 5.41) is 9.71. The number of esters is 1. The van der Waals surface area contributed by atoms with E-state index in [2.05, 4.69) is 6.58 Å². The highest BCUT2D eigenvalue weighted by Crippen LogP contribution is 2.36. The lowest BCUT2D eigenvalue weighted by Crippen LogP contribution is -2.34. The number of hydrogen-bond acceptors (Lipinski definition) is 7. The monoisotopic (exact) mass is 391 g/mol. The molecule has 1 fully saturated rings. The molecule has 0 aliphatic carbocycles. The van der Waals surface area contributed by atoms with Crippen molar-refractivity contribution in [1.29, 1.82) is 0 Å². The van der Waals surface area contributed by atoms with Gasteiger partial charge in [-0.15, -0.1) is 6.58 Å². The van der Waals surface area contributed by atoms with Crippen molar-refractivity contribution in [2.24, 2.45) is 0 Å². The number of imide groups is 1. The van der Waals surface area contributed by atoms with Gasteiger partial charge in [-0.25, -0.2) is 0 Å². The fraction of sp³-hybridized carbons (Fsp3) is 0.316. The number of phenolic OH excluding ortho intramolecular Hbond substituents is 1. The molecule has 1 saturated heterocycles. The third-order valence-electron chi connectivity index (χ3n) is 3.60. The highest BCUT2D eigenvalue weighted by molar-refractivity contribution is 8.18. The van der Waals surface area contributed by atoms with E-state index in [0.29, 0.717) is 24.2 Å². The molecule has 0 atom stereocenters. The Balaban J connectivity index is 2.32. The van der Waals surface area contributed by atoms with Crippen molar-refractivity contribution in [3.63, 3.8) is 0 Å². The number of benzene rings is 1. The molecule has 144 valence electrons. The molecule has 0 spiro atoms. The van der Waals surface area contributed by atoms with Gasteiger partial charge in [0.1, 0.15) is 6.54 Å². The molecule has 7 nitrogen and oxygen atoms in total. The van der Waals surface area contributed by atoms with Gasteiger partial charge in [0.25, 0.3) is 11.1 Å². The number of aromatic hydroxyl groups is 1. The van der Waals surface area contributed by atoms with Crippen LogP contribution in [0.1, 0.15) is 25.0 Å². The van der Waals surface area contributed by atoms with E-state index in [0.717, 1.165) is 16.7 Å². The van der Waals surface area contributed by atoms with Crippen molar-refractivity contribution < 1.29 is 29.0 Å². The van der Waals surface area contributed by atoms with Crippen molar-refractivity contribution in [2.75, 3.05) is 19.8 Å². The Kier molecular flexibility index (Phi) is 7.06. The molecule has 1 aliphatic heterocycles. The minimum atomic E-state index is -0.641. The molecule has 0 aromatic heterocycles. The second kappa shape index (κ2) is 9.27. The molecule has 1 N–H and O–H groups in total.